The van der Waals surface area contributed by atoms with E-state index in [0.717, 1.165) is 10.4 Å². The maximum Gasteiger partial charge on any atom is 0.301 e. The molecule has 0 aliphatic heterocycles. The monoisotopic (exact) mass is 353 g/mol. The molecule has 2 heterocycles. The first-order chi connectivity index (χ1) is 12.3. The van der Waals surface area contributed by atoms with Gasteiger partial charge in [-0.1, -0.05) is 0 Å². The molecule has 134 valence electrons. The van der Waals surface area contributed by atoms with Crippen molar-refractivity contribution in [3.63, 3.8) is 0 Å². The third kappa shape index (κ3) is 3.46. The summed E-state index contributed by atoms with van der Waals surface area (Å²) in [6.07, 6.45) is 0. The molecule has 0 unspecified atom stereocenters. The standard InChI is InChI=1S/C17H19N7O2/c1-10-9-14(25)19-17(18-10)24-16(26)15(11(2)22-24)21-20-12-5-7-13(8-6-12)23(3)4/h5-9,22H,1-4H3,(H,18,19,25). The largest absolute Gasteiger partial charge is 0.378 e. The number of hydrogen-bond acceptors (Lipinski definition) is 6. The van der Waals surface area contributed by atoms with E-state index in [0.29, 0.717) is 17.1 Å². The first kappa shape index (κ1) is 17.3. The third-order valence-electron chi connectivity index (χ3n) is 3.74. The minimum absolute atomic E-state index is 0.111. The topological polar surface area (TPSA) is 111 Å². The number of hydrogen-bond donors (Lipinski definition) is 2. The zero-order chi connectivity index (χ0) is 18.8. The third-order valence-corrected chi connectivity index (χ3v) is 3.74. The zero-order valence-corrected chi connectivity index (χ0v) is 14.9. The molecule has 3 aromatic rings. The van der Waals surface area contributed by atoms with Crippen LogP contribution in [-0.4, -0.2) is 33.8 Å². The number of H-pyrrole nitrogens is 2. The number of anilines is 1. The highest BCUT2D eigenvalue weighted by Gasteiger charge is 2.14. The molecule has 0 aliphatic rings. The lowest BCUT2D eigenvalue weighted by atomic mass is 10.3. The Balaban J connectivity index is 1.95. The number of azo groups is 1. The number of benzene rings is 1. The highest BCUT2D eigenvalue weighted by Crippen LogP contribution is 2.21. The fraction of sp³-hybridized carbons (Fsp3) is 0.235. The lowest BCUT2D eigenvalue weighted by Gasteiger charge is -2.11. The number of rotatable bonds is 4. The van der Waals surface area contributed by atoms with E-state index in [1.807, 2.05) is 43.3 Å². The van der Waals surface area contributed by atoms with Gasteiger partial charge in [0, 0.05) is 31.5 Å². The van der Waals surface area contributed by atoms with Crippen LogP contribution in [0, 0.1) is 13.8 Å². The van der Waals surface area contributed by atoms with Crippen LogP contribution < -0.4 is 16.0 Å². The second kappa shape index (κ2) is 6.79. The lowest BCUT2D eigenvalue weighted by Crippen LogP contribution is -2.21. The Bertz CT molecular complexity index is 1070. The summed E-state index contributed by atoms with van der Waals surface area (Å²) in [6.45, 7) is 3.38. The number of nitrogens with zero attached hydrogens (tertiary/aromatic N) is 5. The molecular weight excluding hydrogens is 334 g/mol. The molecule has 0 atom stereocenters. The number of nitrogens with one attached hydrogen (secondary N) is 2. The van der Waals surface area contributed by atoms with E-state index in [1.165, 1.54) is 6.07 Å². The van der Waals surface area contributed by atoms with Crippen LogP contribution in [0.4, 0.5) is 17.1 Å². The van der Waals surface area contributed by atoms with Gasteiger partial charge in [-0.2, -0.15) is 9.80 Å². The molecule has 9 heteroatoms. The van der Waals surface area contributed by atoms with Gasteiger partial charge in [0.1, 0.15) is 0 Å². The summed E-state index contributed by atoms with van der Waals surface area (Å²) in [5.41, 5.74) is 2.08. The molecule has 2 N–H and O–H groups in total. The van der Waals surface area contributed by atoms with Crippen molar-refractivity contribution in [2.45, 2.75) is 13.8 Å². The van der Waals surface area contributed by atoms with E-state index in [9.17, 15) is 9.59 Å². The van der Waals surface area contributed by atoms with Gasteiger partial charge >= 0.3 is 5.56 Å². The lowest BCUT2D eigenvalue weighted by molar-refractivity contribution is 0.763. The van der Waals surface area contributed by atoms with Crippen LogP contribution in [0.2, 0.25) is 0 Å². The van der Waals surface area contributed by atoms with Crippen molar-refractivity contribution >= 4 is 17.1 Å². The fourth-order valence-corrected chi connectivity index (χ4v) is 2.40. The van der Waals surface area contributed by atoms with Gasteiger partial charge in [0.05, 0.1) is 11.4 Å². The van der Waals surface area contributed by atoms with Crippen molar-refractivity contribution in [2.75, 3.05) is 19.0 Å². The number of aromatic nitrogens is 4. The Hall–Kier alpha value is -3.49. The summed E-state index contributed by atoms with van der Waals surface area (Å²) in [5.74, 6) is 0.111. The average Bonchev–Trinajstić information content (AvgIpc) is 2.87. The Morgan fingerprint density at radius 3 is 2.38 bits per heavy atom. The molecule has 0 bridgehead atoms. The summed E-state index contributed by atoms with van der Waals surface area (Å²) >= 11 is 0. The van der Waals surface area contributed by atoms with Crippen LogP contribution in [-0.2, 0) is 0 Å². The first-order valence-corrected chi connectivity index (χ1v) is 7.94. The van der Waals surface area contributed by atoms with Gasteiger partial charge in [0.25, 0.3) is 5.56 Å². The van der Waals surface area contributed by atoms with Crippen molar-refractivity contribution in [2.24, 2.45) is 10.2 Å². The summed E-state index contributed by atoms with van der Waals surface area (Å²) in [5, 5.41) is 11.0. The SMILES string of the molecule is Cc1cc(=O)[nH]c(-n2[nH]c(C)c(N=Nc3ccc(N(C)C)cc3)c2=O)n1. The second-order valence-electron chi connectivity index (χ2n) is 6.05. The maximum atomic E-state index is 12.6. The average molecular weight is 353 g/mol. The molecule has 1 aromatic carbocycles. The van der Waals surface area contributed by atoms with E-state index in [-0.39, 0.29) is 17.2 Å². The van der Waals surface area contributed by atoms with Crippen molar-refractivity contribution in [3.05, 3.63) is 62.4 Å². The van der Waals surface area contributed by atoms with Crippen molar-refractivity contribution in [1.29, 1.82) is 0 Å². The molecule has 0 saturated heterocycles. The van der Waals surface area contributed by atoms with Crippen LogP contribution >= 0.6 is 0 Å². The Morgan fingerprint density at radius 2 is 1.77 bits per heavy atom. The molecule has 0 aliphatic carbocycles. The van der Waals surface area contributed by atoms with Gasteiger partial charge in [0.15, 0.2) is 5.69 Å². The van der Waals surface area contributed by atoms with Crippen LogP contribution in [0.5, 0.6) is 0 Å². The first-order valence-electron chi connectivity index (χ1n) is 7.94. The highest BCUT2D eigenvalue weighted by atomic mass is 16.1. The Morgan fingerprint density at radius 1 is 1.08 bits per heavy atom. The number of aryl methyl sites for hydroxylation is 2. The van der Waals surface area contributed by atoms with Gasteiger partial charge in [-0.3, -0.25) is 19.7 Å². The van der Waals surface area contributed by atoms with Crippen molar-refractivity contribution in [3.8, 4) is 5.95 Å². The van der Waals surface area contributed by atoms with E-state index in [1.54, 1.807) is 13.8 Å². The second-order valence-corrected chi connectivity index (χ2v) is 6.05. The van der Waals surface area contributed by atoms with E-state index < -0.39 is 5.56 Å². The zero-order valence-electron chi connectivity index (χ0n) is 14.9. The van der Waals surface area contributed by atoms with Crippen molar-refractivity contribution < 1.29 is 0 Å². The molecule has 9 nitrogen and oxygen atoms in total. The Kier molecular flexibility index (Phi) is 4.53. The number of aromatic amines is 2. The molecule has 0 radical (unpaired) electrons. The van der Waals surface area contributed by atoms with E-state index >= 15 is 0 Å². The molecule has 3 rings (SSSR count). The molecule has 2 aromatic heterocycles. The predicted octanol–water partition coefficient (Wildman–Crippen LogP) is 2.35. The minimum Gasteiger partial charge on any atom is -0.378 e. The van der Waals surface area contributed by atoms with Crippen LogP contribution in [0.15, 0.2) is 50.1 Å². The van der Waals surface area contributed by atoms with Gasteiger partial charge in [-0.25, -0.2) is 4.98 Å². The summed E-state index contributed by atoms with van der Waals surface area (Å²) in [6, 6.07) is 8.82. The van der Waals surface area contributed by atoms with E-state index in [2.05, 4.69) is 25.3 Å². The van der Waals surface area contributed by atoms with E-state index in [4.69, 9.17) is 0 Å². The molecule has 26 heavy (non-hydrogen) atoms. The minimum atomic E-state index is -0.440. The van der Waals surface area contributed by atoms with Gasteiger partial charge in [-0.15, -0.1) is 5.11 Å². The van der Waals surface area contributed by atoms with Crippen LogP contribution in [0.3, 0.4) is 0 Å². The fourth-order valence-electron chi connectivity index (χ4n) is 2.40. The summed E-state index contributed by atoms with van der Waals surface area (Å²) in [7, 11) is 3.90. The molecule has 0 amide bonds. The quantitative estimate of drug-likeness (QED) is 0.701. The summed E-state index contributed by atoms with van der Waals surface area (Å²) < 4.78 is 1.15. The maximum absolute atomic E-state index is 12.6. The Labute approximate surface area is 149 Å². The van der Waals surface area contributed by atoms with Gasteiger partial charge in [-0.05, 0) is 38.1 Å². The van der Waals surface area contributed by atoms with Gasteiger partial charge in [0.2, 0.25) is 5.95 Å². The molecule has 0 saturated carbocycles. The highest BCUT2D eigenvalue weighted by molar-refractivity contribution is 5.52. The molecule has 0 fully saturated rings. The molecule has 0 spiro atoms. The van der Waals surface area contributed by atoms with Gasteiger partial charge < -0.3 is 4.90 Å². The normalized spacial score (nSPS) is 11.2. The molecular formula is C17H19N7O2. The van der Waals surface area contributed by atoms with Crippen LogP contribution in [0.1, 0.15) is 11.4 Å². The smallest absolute Gasteiger partial charge is 0.301 e. The summed E-state index contributed by atoms with van der Waals surface area (Å²) in [4.78, 5) is 32.9. The van der Waals surface area contributed by atoms with Crippen molar-refractivity contribution in [1.82, 2.24) is 19.7 Å². The van der Waals surface area contributed by atoms with Crippen LogP contribution in [0.25, 0.3) is 5.95 Å². The predicted molar refractivity (Wildman–Crippen MR) is 99.2 cm³/mol.